The number of hydrogen-bond acceptors (Lipinski definition) is 3. The van der Waals surface area contributed by atoms with Gasteiger partial charge in [-0.15, -0.1) is 0 Å². The Morgan fingerprint density at radius 2 is 1.79 bits per heavy atom. The number of ether oxygens (including phenoxy) is 1. The summed E-state index contributed by atoms with van der Waals surface area (Å²) in [5.74, 6) is 0.343. The van der Waals surface area contributed by atoms with Gasteiger partial charge in [0.1, 0.15) is 6.04 Å². The number of amides is 2. The number of rotatable bonds is 3. The van der Waals surface area contributed by atoms with Gasteiger partial charge < -0.3 is 15.0 Å². The zero-order chi connectivity index (χ0) is 13.7. The maximum Gasteiger partial charge on any atom is 0.407 e. The fourth-order valence-corrected chi connectivity index (χ4v) is 3.17. The second-order valence-corrected chi connectivity index (χ2v) is 5.54. The van der Waals surface area contributed by atoms with E-state index in [4.69, 9.17) is 0 Å². The summed E-state index contributed by atoms with van der Waals surface area (Å²) in [7, 11) is 1.34. The van der Waals surface area contributed by atoms with Crippen molar-refractivity contribution in [2.24, 2.45) is 5.92 Å². The number of carbonyl (C=O) groups excluding carboxylic acids is 2. The summed E-state index contributed by atoms with van der Waals surface area (Å²) in [6.45, 7) is 1.65. The van der Waals surface area contributed by atoms with Crippen LogP contribution in [-0.4, -0.2) is 43.1 Å². The summed E-state index contributed by atoms with van der Waals surface area (Å²) < 4.78 is 4.66. The first-order chi connectivity index (χ1) is 9.22. The molecule has 0 unspecified atom stereocenters. The van der Waals surface area contributed by atoms with Crippen molar-refractivity contribution in [3.05, 3.63) is 0 Å². The molecule has 2 rings (SSSR count). The predicted molar refractivity (Wildman–Crippen MR) is 73.8 cm³/mol. The van der Waals surface area contributed by atoms with Gasteiger partial charge >= 0.3 is 6.09 Å². The van der Waals surface area contributed by atoms with Gasteiger partial charge in [-0.05, 0) is 31.6 Å². The van der Waals surface area contributed by atoms with Crippen LogP contribution in [0.25, 0.3) is 0 Å². The average molecular weight is 270 g/mol. The number of nitrogens with one attached hydrogen (secondary N) is 1. The molecule has 1 aliphatic heterocycles. The molecule has 0 aromatic carbocycles. The quantitative estimate of drug-likeness (QED) is 0.855. The Morgan fingerprint density at radius 1 is 1.16 bits per heavy atom. The number of methoxy groups -OCH3 is 1. The summed E-state index contributed by atoms with van der Waals surface area (Å²) in [6, 6.07) is -0.397. The smallest absolute Gasteiger partial charge is 0.407 e. The summed E-state index contributed by atoms with van der Waals surface area (Å²) in [5.41, 5.74) is 0. The lowest BCUT2D eigenvalue weighted by molar-refractivity contribution is -0.134. The molecule has 19 heavy (non-hydrogen) atoms. The van der Waals surface area contributed by atoms with E-state index < -0.39 is 12.1 Å². The highest BCUT2D eigenvalue weighted by Crippen LogP contribution is 2.28. The van der Waals surface area contributed by atoms with Crippen LogP contribution in [-0.2, 0) is 9.53 Å². The van der Waals surface area contributed by atoms with Crippen LogP contribution in [0.15, 0.2) is 0 Å². The molecule has 2 aliphatic rings. The predicted octanol–water partition coefficient (Wildman–Crippen LogP) is 2.16. The number of likely N-dealkylation sites (tertiary alicyclic amines) is 1. The van der Waals surface area contributed by atoms with Crippen molar-refractivity contribution in [2.75, 3.05) is 20.2 Å². The summed E-state index contributed by atoms with van der Waals surface area (Å²) in [5, 5.41) is 2.76. The Bertz CT molecular complexity index is 326. The summed E-state index contributed by atoms with van der Waals surface area (Å²) in [6.07, 6.45) is 7.22. The van der Waals surface area contributed by atoms with Gasteiger partial charge in [0.25, 0.3) is 0 Å². The molecule has 1 saturated heterocycles. The van der Waals surface area contributed by atoms with Crippen LogP contribution >= 0.6 is 0 Å². The molecule has 5 nitrogen and oxygen atoms in total. The van der Waals surface area contributed by atoms with Crippen molar-refractivity contribution in [3.63, 3.8) is 0 Å². The highest BCUT2D eigenvalue weighted by Gasteiger charge is 2.34. The van der Waals surface area contributed by atoms with Gasteiger partial charge in [0.2, 0.25) is 5.91 Å². The minimum Gasteiger partial charge on any atom is -0.453 e. The molecule has 2 amide bonds. The van der Waals surface area contributed by atoms with Crippen LogP contribution in [0.5, 0.6) is 0 Å². The zero-order valence-corrected chi connectivity index (χ0v) is 11.7. The first-order valence-electron chi connectivity index (χ1n) is 7.35. The van der Waals surface area contributed by atoms with Crippen LogP contribution in [0.4, 0.5) is 4.79 Å². The number of carbonyl (C=O) groups is 2. The maximum atomic E-state index is 12.6. The third-order valence-corrected chi connectivity index (χ3v) is 4.26. The van der Waals surface area contributed by atoms with Gasteiger partial charge in [-0.3, -0.25) is 4.79 Å². The SMILES string of the molecule is COC(=O)N[C@H](C(=O)N1CCCC1)C1CCCCC1.[HH]. The van der Waals surface area contributed by atoms with Crippen molar-refractivity contribution in [3.8, 4) is 0 Å². The standard InChI is InChI=1S/C14H24N2O3.H2/c1-19-14(18)15-12(11-7-3-2-4-8-11)13(17)16-9-5-6-10-16;/h11-12H,2-10H2,1H3,(H,15,18);1H/t12-;/m0./s1. The van der Waals surface area contributed by atoms with E-state index >= 15 is 0 Å². The van der Waals surface area contributed by atoms with Crippen LogP contribution in [0, 0.1) is 5.92 Å². The van der Waals surface area contributed by atoms with E-state index in [2.05, 4.69) is 10.1 Å². The van der Waals surface area contributed by atoms with E-state index in [1.807, 2.05) is 4.90 Å². The lowest BCUT2D eigenvalue weighted by Crippen LogP contribution is -2.52. The Balaban J connectivity index is 0.00000200. The Hall–Kier alpha value is -1.26. The molecular formula is C14H26N2O3. The molecule has 5 heteroatoms. The largest absolute Gasteiger partial charge is 0.453 e. The first kappa shape index (κ1) is 14.2. The van der Waals surface area contributed by atoms with Crippen molar-refractivity contribution >= 4 is 12.0 Å². The monoisotopic (exact) mass is 270 g/mol. The molecule has 0 bridgehead atoms. The van der Waals surface area contributed by atoms with Crippen molar-refractivity contribution in [2.45, 2.75) is 51.0 Å². The average Bonchev–Trinajstić information content (AvgIpc) is 2.99. The fraction of sp³-hybridized carbons (Fsp3) is 0.857. The van der Waals surface area contributed by atoms with Crippen molar-refractivity contribution in [1.82, 2.24) is 10.2 Å². The van der Waals surface area contributed by atoms with Crippen LogP contribution in [0.1, 0.15) is 46.4 Å². The van der Waals surface area contributed by atoms with Gasteiger partial charge in [-0.2, -0.15) is 0 Å². The molecule has 0 aromatic rings. The normalized spacial score (nSPS) is 22.1. The number of hydrogen-bond donors (Lipinski definition) is 1. The third kappa shape index (κ3) is 3.61. The second-order valence-electron chi connectivity index (χ2n) is 5.54. The minimum atomic E-state index is -0.497. The lowest BCUT2D eigenvalue weighted by Gasteiger charge is -2.32. The molecule has 1 heterocycles. The van der Waals surface area contributed by atoms with E-state index in [9.17, 15) is 9.59 Å². The van der Waals surface area contributed by atoms with E-state index in [0.717, 1.165) is 51.6 Å². The summed E-state index contributed by atoms with van der Waals surface area (Å²) in [4.78, 5) is 25.9. The molecule has 2 fully saturated rings. The van der Waals surface area contributed by atoms with Gasteiger partial charge in [0, 0.05) is 14.5 Å². The molecule has 110 valence electrons. The van der Waals surface area contributed by atoms with Gasteiger partial charge in [0.15, 0.2) is 0 Å². The first-order valence-corrected chi connectivity index (χ1v) is 7.35. The lowest BCUT2D eigenvalue weighted by atomic mass is 9.83. The molecule has 0 spiro atoms. The van der Waals surface area contributed by atoms with Gasteiger partial charge in [0.05, 0.1) is 7.11 Å². The molecule has 1 atom stereocenters. The van der Waals surface area contributed by atoms with Crippen LogP contribution in [0.3, 0.4) is 0 Å². The van der Waals surface area contributed by atoms with E-state index in [1.54, 1.807) is 0 Å². The van der Waals surface area contributed by atoms with Gasteiger partial charge in [-0.25, -0.2) is 4.79 Å². The highest BCUT2D eigenvalue weighted by atomic mass is 16.5. The zero-order valence-electron chi connectivity index (χ0n) is 11.7. The molecule has 1 saturated carbocycles. The Morgan fingerprint density at radius 3 is 2.37 bits per heavy atom. The minimum absolute atomic E-state index is 0. The highest BCUT2D eigenvalue weighted by molar-refractivity contribution is 5.86. The van der Waals surface area contributed by atoms with Gasteiger partial charge in [-0.1, -0.05) is 19.3 Å². The van der Waals surface area contributed by atoms with Crippen molar-refractivity contribution < 1.29 is 15.8 Å². The molecule has 0 aromatic heterocycles. The van der Waals surface area contributed by atoms with E-state index in [-0.39, 0.29) is 13.3 Å². The van der Waals surface area contributed by atoms with E-state index in [0.29, 0.717) is 0 Å². The van der Waals surface area contributed by atoms with Crippen molar-refractivity contribution in [1.29, 1.82) is 0 Å². The van der Waals surface area contributed by atoms with Crippen LogP contribution < -0.4 is 5.32 Å². The fourth-order valence-electron chi connectivity index (χ4n) is 3.17. The molecular weight excluding hydrogens is 244 g/mol. The second kappa shape index (κ2) is 6.78. The summed E-state index contributed by atoms with van der Waals surface area (Å²) >= 11 is 0. The van der Waals surface area contributed by atoms with E-state index in [1.165, 1.54) is 13.5 Å². The third-order valence-electron chi connectivity index (χ3n) is 4.26. The topological polar surface area (TPSA) is 58.6 Å². The number of nitrogens with zero attached hydrogens (tertiary/aromatic N) is 1. The molecule has 0 radical (unpaired) electrons. The number of alkyl carbamates (subject to hydrolysis) is 1. The Kier molecular flexibility index (Phi) is 5.05. The molecule has 1 aliphatic carbocycles. The van der Waals surface area contributed by atoms with Crippen LogP contribution in [0.2, 0.25) is 0 Å². The molecule has 1 N–H and O–H groups in total. The Labute approximate surface area is 116 Å². The maximum absolute atomic E-state index is 12.6.